The van der Waals surface area contributed by atoms with Crippen molar-refractivity contribution in [3.8, 4) is 11.3 Å². The van der Waals surface area contributed by atoms with Crippen LogP contribution in [0.3, 0.4) is 0 Å². The Balaban J connectivity index is 1.82. The monoisotopic (exact) mass is 335 g/mol. The molecular formula is C16H18ClN3O3. The van der Waals surface area contributed by atoms with Gasteiger partial charge in [0.25, 0.3) is 5.91 Å². The topological polar surface area (TPSA) is 78.5 Å². The van der Waals surface area contributed by atoms with Crippen molar-refractivity contribution in [3.05, 3.63) is 41.0 Å². The number of nitrogens with one attached hydrogen (secondary N) is 1. The van der Waals surface area contributed by atoms with Gasteiger partial charge in [0.1, 0.15) is 5.69 Å². The molecule has 0 radical (unpaired) electrons. The zero-order valence-electron chi connectivity index (χ0n) is 12.7. The number of aromatic amines is 1. The van der Waals surface area contributed by atoms with E-state index in [0.717, 1.165) is 5.56 Å². The van der Waals surface area contributed by atoms with Gasteiger partial charge in [-0.3, -0.25) is 9.89 Å². The van der Waals surface area contributed by atoms with Crippen LogP contribution in [0.5, 0.6) is 0 Å². The number of amides is 1. The Hall–Kier alpha value is -1.89. The molecule has 7 heteroatoms. The third-order valence-corrected chi connectivity index (χ3v) is 4.26. The smallest absolute Gasteiger partial charge is 0.272 e. The van der Waals surface area contributed by atoms with E-state index in [1.807, 2.05) is 25.1 Å². The fraction of sp³-hybridized carbons (Fsp3) is 0.375. The molecule has 1 aliphatic rings. The SMILES string of the molecule is CC1COC(CO)CN1C(=O)c1cc(-c2ccccc2Cl)n[nH]1. The van der Waals surface area contributed by atoms with E-state index in [-0.39, 0.29) is 24.7 Å². The maximum atomic E-state index is 12.7. The minimum atomic E-state index is -0.346. The molecule has 1 saturated heterocycles. The first-order valence-corrected chi connectivity index (χ1v) is 7.81. The third-order valence-electron chi connectivity index (χ3n) is 3.93. The molecule has 2 heterocycles. The van der Waals surface area contributed by atoms with Crippen LogP contribution < -0.4 is 0 Å². The average molecular weight is 336 g/mol. The first kappa shape index (κ1) is 16.0. The Morgan fingerprint density at radius 2 is 2.30 bits per heavy atom. The average Bonchev–Trinajstić information content (AvgIpc) is 3.05. The van der Waals surface area contributed by atoms with Crippen LogP contribution in [0, 0.1) is 0 Å². The van der Waals surface area contributed by atoms with E-state index in [4.69, 9.17) is 16.3 Å². The minimum absolute atomic E-state index is 0.0580. The molecule has 1 aromatic heterocycles. The van der Waals surface area contributed by atoms with Crippen LogP contribution in [-0.4, -0.2) is 58.0 Å². The number of halogens is 1. The molecular weight excluding hydrogens is 318 g/mol. The summed E-state index contributed by atoms with van der Waals surface area (Å²) in [6.45, 7) is 2.57. The Bertz CT molecular complexity index is 703. The van der Waals surface area contributed by atoms with Crippen LogP contribution >= 0.6 is 11.6 Å². The van der Waals surface area contributed by atoms with Gasteiger partial charge in [-0.2, -0.15) is 5.10 Å². The summed E-state index contributed by atoms with van der Waals surface area (Å²) in [6, 6.07) is 8.98. The number of rotatable bonds is 3. The zero-order valence-corrected chi connectivity index (χ0v) is 13.5. The summed E-state index contributed by atoms with van der Waals surface area (Å²) in [5.74, 6) is -0.162. The fourth-order valence-corrected chi connectivity index (χ4v) is 2.84. The van der Waals surface area contributed by atoms with E-state index < -0.39 is 0 Å². The maximum absolute atomic E-state index is 12.7. The highest BCUT2D eigenvalue weighted by atomic mass is 35.5. The lowest BCUT2D eigenvalue weighted by molar-refractivity contribution is -0.0668. The van der Waals surface area contributed by atoms with Crippen molar-refractivity contribution in [1.82, 2.24) is 15.1 Å². The summed E-state index contributed by atoms with van der Waals surface area (Å²) in [4.78, 5) is 14.4. The summed E-state index contributed by atoms with van der Waals surface area (Å²) < 4.78 is 5.46. The zero-order chi connectivity index (χ0) is 16.4. The number of hydrogen-bond acceptors (Lipinski definition) is 4. The molecule has 0 saturated carbocycles. The molecule has 2 unspecified atom stereocenters. The van der Waals surface area contributed by atoms with Gasteiger partial charge in [-0.25, -0.2) is 0 Å². The van der Waals surface area contributed by atoms with Gasteiger partial charge < -0.3 is 14.7 Å². The fourth-order valence-electron chi connectivity index (χ4n) is 2.60. The number of ether oxygens (including phenoxy) is 1. The molecule has 1 aliphatic heterocycles. The second-order valence-corrected chi connectivity index (χ2v) is 6.00. The van der Waals surface area contributed by atoms with Crippen molar-refractivity contribution in [3.63, 3.8) is 0 Å². The van der Waals surface area contributed by atoms with Crippen molar-refractivity contribution in [2.24, 2.45) is 0 Å². The van der Waals surface area contributed by atoms with Crippen LogP contribution in [0.2, 0.25) is 5.02 Å². The van der Waals surface area contributed by atoms with Crippen LogP contribution in [0.1, 0.15) is 17.4 Å². The van der Waals surface area contributed by atoms with E-state index >= 15 is 0 Å². The van der Waals surface area contributed by atoms with Crippen molar-refractivity contribution in [2.75, 3.05) is 19.8 Å². The molecule has 6 nitrogen and oxygen atoms in total. The number of benzene rings is 1. The highest BCUT2D eigenvalue weighted by Gasteiger charge is 2.30. The number of aliphatic hydroxyl groups excluding tert-OH is 1. The molecule has 2 N–H and O–H groups in total. The molecule has 3 rings (SSSR count). The first-order valence-electron chi connectivity index (χ1n) is 7.44. The Labute approximate surface area is 139 Å². The first-order chi connectivity index (χ1) is 11.1. The van der Waals surface area contributed by atoms with Crippen molar-refractivity contribution >= 4 is 17.5 Å². The predicted molar refractivity (Wildman–Crippen MR) is 86.4 cm³/mol. The molecule has 0 aliphatic carbocycles. The van der Waals surface area contributed by atoms with E-state index in [0.29, 0.717) is 29.6 Å². The molecule has 1 aromatic carbocycles. The lowest BCUT2D eigenvalue weighted by Crippen LogP contribution is -2.52. The molecule has 23 heavy (non-hydrogen) atoms. The molecule has 2 atom stereocenters. The number of aliphatic hydroxyl groups is 1. The largest absolute Gasteiger partial charge is 0.394 e. The van der Waals surface area contributed by atoms with Crippen LogP contribution in [0.4, 0.5) is 0 Å². The highest BCUT2D eigenvalue weighted by Crippen LogP contribution is 2.26. The van der Waals surface area contributed by atoms with Gasteiger partial charge in [0.2, 0.25) is 0 Å². The lowest BCUT2D eigenvalue weighted by atomic mass is 10.1. The second kappa shape index (κ2) is 6.70. The molecule has 0 bridgehead atoms. The number of hydrogen-bond donors (Lipinski definition) is 2. The predicted octanol–water partition coefficient (Wildman–Crippen LogP) is 1.95. The molecule has 2 aromatic rings. The number of H-pyrrole nitrogens is 1. The standard InChI is InChI=1S/C16H18ClN3O3/c1-10-9-23-11(8-21)7-20(10)16(22)15-6-14(18-19-15)12-4-2-3-5-13(12)17/h2-6,10-11,21H,7-9H2,1H3,(H,18,19). The highest BCUT2D eigenvalue weighted by molar-refractivity contribution is 6.33. The van der Waals surface area contributed by atoms with Gasteiger partial charge in [0, 0.05) is 12.1 Å². The number of carbonyl (C=O) groups excluding carboxylic acids is 1. The van der Waals surface area contributed by atoms with Crippen LogP contribution in [0.25, 0.3) is 11.3 Å². The lowest BCUT2D eigenvalue weighted by Gasteiger charge is -2.37. The van der Waals surface area contributed by atoms with E-state index in [1.54, 1.807) is 17.0 Å². The summed E-state index contributed by atoms with van der Waals surface area (Å²) in [5.41, 5.74) is 1.79. The normalized spacial score (nSPS) is 21.4. The number of morpholine rings is 1. The van der Waals surface area contributed by atoms with E-state index in [2.05, 4.69) is 10.2 Å². The van der Waals surface area contributed by atoms with Gasteiger partial charge in [-0.15, -0.1) is 0 Å². The molecule has 1 amide bonds. The second-order valence-electron chi connectivity index (χ2n) is 5.59. The van der Waals surface area contributed by atoms with E-state index in [1.165, 1.54) is 0 Å². The molecule has 122 valence electrons. The van der Waals surface area contributed by atoms with Crippen LogP contribution in [-0.2, 0) is 4.74 Å². The Morgan fingerprint density at radius 3 is 3.04 bits per heavy atom. The summed E-state index contributed by atoms with van der Waals surface area (Å²) in [5, 5.41) is 16.8. The Kier molecular flexibility index (Phi) is 4.66. The quantitative estimate of drug-likeness (QED) is 0.898. The van der Waals surface area contributed by atoms with Crippen molar-refractivity contribution < 1.29 is 14.6 Å². The number of nitrogens with zero attached hydrogens (tertiary/aromatic N) is 2. The minimum Gasteiger partial charge on any atom is -0.394 e. The number of carbonyl (C=O) groups is 1. The van der Waals surface area contributed by atoms with E-state index in [9.17, 15) is 9.90 Å². The third kappa shape index (κ3) is 3.24. The summed E-state index contributed by atoms with van der Waals surface area (Å²) >= 11 is 6.16. The van der Waals surface area contributed by atoms with Crippen LogP contribution in [0.15, 0.2) is 30.3 Å². The van der Waals surface area contributed by atoms with Gasteiger partial charge in [0.05, 0.1) is 36.1 Å². The summed E-state index contributed by atoms with van der Waals surface area (Å²) in [7, 11) is 0. The van der Waals surface area contributed by atoms with Crippen molar-refractivity contribution in [1.29, 1.82) is 0 Å². The van der Waals surface area contributed by atoms with Gasteiger partial charge in [-0.1, -0.05) is 29.8 Å². The molecule has 0 spiro atoms. The molecule has 1 fully saturated rings. The van der Waals surface area contributed by atoms with Crippen molar-refractivity contribution in [2.45, 2.75) is 19.1 Å². The van der Waals surface area contributed by atoms with Gasteiger partial charge in [0.15, 0.2) is 0 Å². The Morgan fingerprint density at radius 1 is 1.52 bits per heavy atom. The van der Waals surface area contributed by atoms with Gasteiger partial charge in [-0.05, 0) is 19.1 Å². The summed E-state index contributed by atoms with van der Waals surface area (Å²) in [6.07, 6.45) is -0.346. The maximum Gasteiger partial charge on any atom is 0.272 e. The number of aromatic nitrogens is 2. The van der Waals surface area contributed by atoms with Gasteiger partial charge >= 0.3 is 0 Å².